The maximum atomic E-state index is 11.6. The Hall–Kier alpha value is -0.870. The SMILES string of the molecule is C=C(C)[C@@H]1CC[C@]2(C)[C@H](CC[C@H]3[C@@H]([C@]4(C)CC[C@@H](C(C)(C)O)O4)CC[C@]32C)[C@@]1(C)CCC(=O)O. The van der Waals surface area contributed by atoms with Gasteiger partial charge in [-0.2, -0.15) is 0 Å². The third-order valence-electron chi connectivity index (χ3n) is 12.0. The number of carboxylic acid groups (broad SMARTS) is 1. The first-order valence-electron chi connectivity index (χ1n) is 13.9. The second-order valence-corrected chi connectivity index (χ2v) is 14.2. The van der Waals surface area contributed by atoms with Crippen molar-refractivity contribution in [1.82, 2.24) is 0 Å². The lowest BCUT2D eigenvalue weighted by molar-refractivity contribution is -0.187. The maximum Gasteiger partial charge on any atom is 0.303 e. The lowest BCUT2D eigenvalue weighted by Crippen LogP contribution is -2.60. The minimum Gasteiger partial charge on any atom is -0.481 e. The number of hydrogen-bond acceptors (Lipinski definition) is 3. The van der Waals surface area contributed by atoms with Gasteiger partial charge in [0.05, 0.1) is 17.3 Å². The predicted octanol–water partition coefficient (Wildman–Crippen LogP) is 7.00. The van der Waals surface area contributed by atoms with Gasteiger partial charge in [0.1, 0.15) is 0 Å². The van der Waals surface area contributed by atoms with Gasteiger partial charge in [0.15, 0.2) is 0 Å². The summed E-state index contributed by atoms with van der Waals surface area (Å²) in [4.78, 5) is 11.6. The molecule has 194 valence electrons. The molecule has 1 heterocycles. The average molecular weight is 475 g/mol. The molecule has 0 aromatic heterocycles. The van der Waals surface area contributed by atoms with Crippen LogP contribution in [0.1, 0.15) is 113 Å². The van der Waals surface area contributed by atoms with Crippen molar-refractivity contribution in [2.45, 2.75) is 130 Å². The van der Waals surface area contributed by atoms with E-state index in [0.717, 1.165) is 25.7 Å². The van der Waals surface area contributed by atoms with Crippen molar-refractivity contribution in [3.63, 3.8) is 0 Å². The van der Waals surface area contributed by atoms with Gasteiger partial charge in [0.25, 0.3) is 0 Å². The van der Waals surface area contributed by atoms with Crippen LogP contribution in [0.4, 0.5) is 0 Å². The highest BCUT2D eigenvalue weighted by Crippen LogP contribution is 2.74. The second kappa shape index (κ2) is 8.33. The number of carbonyl (C=O) groups is 1. The predicted molar refractivity (Wildman–Crippen MR) is 136 cm³/mol. The Kier molecular flexibility index (Phi) is 6.42. The molecule has 34 heavy (non-hydrogen) atoms. The summed E-state index contributed by atoms with van der Waals surface area (Å²) < 4.78 is 6.69. The van der Waals surface area contributed by atoms with Gasteiger partial charge in [0, 0.05) is 6.42 Å². The van der Waals surface area contributed by atoms with E-state index in [1.165, 1.54) is 37.7 Å². The van der Waals surface area contributed by atoms with E-state index in [-0.39, 0.29) is 34.4 Å². The van der Waals surface area contributed by atoms with Crippen molar-refractivity contribution in [1.29, 1.82) is 0 Å². The van der Waals surface area contributed by atoms with Gasteiger partial charge in [-0.05, 0) is 125 Å². The average Bonchev–Trinajstić information content (AvgIpc) is 3.29. The van der Waals surface area contributed by atoms with Crippen LogP contribution in [0, 0.1) is 39.9 Å². The van der Waals surface area contributed by atoms with Gasteiger partial charge in [-0.1, -0.05) is 32.9 Å². The van der Waals surface area contributed by atoms with E-state index in [2.05, 4.69) is 41.2 Å². The minimum atomic E-state index is -0.795. The third kappa shape index (κ3) is 3.81. The van der Waals surface area contributed by atoms with Crippen LogP contribution in [0.5, 0.6) is 0 Å². The van der Waals surface area contributed by atoms with Crippen LogP contribution in [-0.2, 0) is 9.53 Å². The fourth-order valence-electron chi connectivity index (χ4n) is 10.0. The highest BCUT2D eigenvalue weighted by atomic mass is 16.5. The van der Waals surface area contributed by atoms with Gasteiger partial charge in [-0.15, -0.1) is 0 Å². The number of aliphatic hydroxyl groups is 1. The lowest BCUT2D eigenvalue weighted by atomic mass is 9.38. The Morgan fingerprint density at radius 2 is 1.62 bits per heavy atom. The third-order valence-corrected chi connectivity index (χ3v) is 12.0. The van der Waals surface area contributed by atoms with Gasteiger partial charge < -0.3 is 14.9 Å². The van der Waals surface area contributed by atoms with Crippen LogP contribution in [0.15, 0.2) is 12.2 Å². The molecule has 4 nitrogen and oxygen atoms in total. The number of aliphatic carboxylic acids is 1. The fraction of sp³-hybridized carbons (Fsp3) is 0.900. The van der Waals surface area contributed by atoms with Crippen molar-refractivity contribution in [3.8, 4) is 0 Å². The number of ether oxygens (including phenoxy) is 1. The summed E-state index contributed by atoms with van der Waals surface area (Å²) in [6.45, 7) is 20.1. The first-order chi connectivity index (χ1) is 15.6. The first-order valence-corrected chi connectivity index (χ1v) is 13.9. The minimum absolute atomic E-state index is 0.0109. The molecule has 0 aromatic rings. The first kappa shape index (κ1) is 26.2. The molecule has 0 amide bonds. The van der Waals surface area contributed by atoms with E-state index in [9.17, 15) is 15.0 Å². The summed E-state index contributed by atoms with van der Waals surface area (Å²) in [6.07, 6.45) is 10.0. The van der Waals surface area contributed by atoms with E-state index in [0.29, 0.717) is 23.7 Å². The Bertz CT molecular complexity index is 828. The summed E-state index contributed by atoms with van der Waals surface area (Å²) >= 11 is 0. The molecule has 0 bridgehead atoms. The number of rotatable bonds is 6. The largest absolute Gasteiger partial charge is 0.481 e. The molecule has 4 aliphatic rings. The van der Waals surface area contributed by atoms with Crippen molar-refractivity contribution in [2.75, 3.05) is 0 Å². The lowest BCUT2D eigenvalue weighted by Gasteiger charge is -2.66. The standard InChI is InChI=1S/C30H50O4/c1-19(2)20-11-17-29(7)23(27(20,5)15-14-25(31)32)10-9-21-22(12-16-28(21,29)6)30(8)18-13-24(34-30)26(3,4)33/h20-24,33H,1,9-18H2,2-8H3,(H,31,32)/t20-,21-,22-,23+,24-,27-,28+,29+,30-/m0/s1. The number of carboxylic acids is 1. The molecule has 3 saturated carbocycles. The van der Waals surface area contributed by atoms with Crippen LogP contribution in [0.3, 0.4) is 0 Å². The van der Waals surface area contributed by atoms with Crippen molar-refractivity contribution in [2.24, 2.45) is 39.9 Å². The summed E-state index contributed by atoms with van der Waals surface area (Å²) in [7, 11) is 0. The zero-order valence-electron chi connectivity index (χ0n) is 22.9. The molecule has 2 N–H and O–H groups in total. The van der Waals surface area contributed by atoms with E-state index in [4.69, 9.17) is 4.74 Å². The summed E-state index contributed by atoms with van der Waals surface area (Å²) in [6, 6.07) is 0. The van der Waals surface area contributed by atoms with Crippen LogP contribution in [0.2, 0.25) is 0 Å². The zero-order chi connectivity index (χ0) is 25.3. The van der Waals surface area contributed by atoms with Gasteiger partial charge in [-0.3, -0.25) is 4.79 Å². The molecule has 4 heteroatoms. The Morgan fingerprint density at radius 3 is 2.18 bits per heavy atom. The van der Waals surface area contributed by atoms with Crippen molar-refractivity contribution < 1.29 is 19.7 Å². The number of allylic oxidation sites excluding steroid dienone is 1. The summed E-state index contributed by atoms with van der Waals surface area (Å²) in [5.41, 5.74) is 0.714. The summed E-state index contributed by atoms with van der Waals surface area (Å²) in [5.74, 6) is 1.42. The Morgan fingerprint density at radius 1 is 0.971 bits per heavy atom. The second-order valence-electron chi connectivity index (χ2n) is 14.2. The molecule has 0 spiro atoms. The molecular weight excluding hydrogens is 424 g/mol. The number of fused-ring (bicyclic) bond motifs is 3. The van der Waals surface area contributed by atoms with E-state index >= 15 is 0 Å². The van der Waals surface area contributed by atoms with Gasteiger partial charge in [-0.25, -0.2) is 0 Å². The van der Waals surface area contributed by atoms with Crippen LogP contribution >= 0.6 is 0 Å². The molecule has 4 rings (SSSR count). The van der Waals surface area contributed by atoms with E-state index < -0.39 is 11.6 Å². The quantitative estimate of drug-likeness (QED) is 0.407. The highest BCUT2D eigenvalue weighted by molar-refractivity contribution is 5.66. The molecule has 1 aliphatic heterocycles. The molecule has 3 aliphatic carbocycles. The van der Waals surface area contributed by atoms with Crippen molar-refractivity contribution in [3.05, 3.63) is 12.2 Å². The van der Waals surface area contributed by atoms with Crippen molar-refractivity contribution >= 4 is 5.97 Å². The van der Waals surface area contributed by atoms with Crippen LogP contribution < -0.4 is 0 Å². The molecular formula is C30H50O4. The van der Waals surface area contributed by atoms with Gasteiger partial charge >= 0.3 is 5.97 Å². The smallest absolute Gasteiger partial charge is 0.303 e. The molecule has 9 atom stereocenters. The van der Waals surface area contributed by atoms with Crippen LogP contribution in [0.25, 0.3) is 0 Å². The normalized spacial score (nSPS) is 48.9. The Balaban J connectivity index is 1.64. The molecule has 4 fully saturated rings. The van der Waals surface area contributed by atoms with E-state index in [1.54, 1.807) is 0 Å². The monoisotopic (exact) mass is 474 g/mol. The summed E-state index contributed by atoms with van der Waals surface area (Å²) in [5, 5.41) is 20.2. The number of hydrogen-bond donors (Lipinski definition) is 2. The fourth-order valence-corrected chi connectivity index (χ4v) is 10.0. The molecule has 0 aromatic carbocycles. The zero-order valence-corrected chi connectivity index (χ0v) is 22.9. The highest BCUT2D eigenvalue weighted by Gasteiger charge is 2.68. The molecule has 0 radical (unpaired) electrons. The molecule has 1 saturated heterocycles. The molecule has 0 unspecified atom stereocenters. The van der Waals surface area contributed by atoms with Gasteiger partial charge in [0.2, 0.25) is 0 Å². The van der Waals surface area contributed by atoms with Crippen LogP contribution in [-0.4, -0.2) is 33.5 Å². The Labute approximate surface area is 207 Å². The van der Waals surface area contributed by atoms with E-state index in [1.807, 2.05) is 13.8 Å². The topological polar surface area (TPSA) is 66.8 Å². The maximum absolute atomic E-state index is 11.6.